The molecule has 9 heteroatoms. The monoisotopic (exact) mass is 320 g/mol. The number of carbonyl (C=O) groups excluding carboxylic acids is 1. The highest BCUT2D eigenvalue weighted by Crippen LogP contribution is 2.26. The Morgan fingerprint density at radius 3 is 2.95 bits per heavy atom. The number of nitrogens with zero attached hydrogens (tertiary/aromatic N) is 3. The summed E-state index contributed by atoms with van der Waals surface area (Å²) in [6.45, 7) is 0. The topological polar surface area (TPSA) is 120 Å². The molecule has 0 saturated heterocycles. The van der Waals surface area contributed by atoms with Crippen molar-refractivity contribution in [2.45, 2.75) is 10.1 Å². The van der Waals surface area contributed by atoms with Gasteiger partial charge in [-0.2, -0.15) is 10.2 Å². The number of thioether (sulfide) groups is 2. The van der Waals surface area contributed by atoms with Crippen molar-refractivity contribution in [3.05, 3.63) is 24.3 Å². The molecular formula is C12H12N6OS2. The number of H-pyrrole nitrogens is 1. The fourth-order valence-electron chi connectivity index (χ4n) is 1.44. The second-order valence-corrected chi connectivity index (χ2v) is 5.74. The number of hydrogen-bond acceptors (Lipinski definition) is 7. The second-order valence-electron chi connectivity index (χ2n) is 3.78. The first-order chi connectivity index (χ1) is 10.2. The van der Waals surface area contributed by atoms with E-state index in [2.05, 4.69) is 26.6 Å². The fourth-order valence-corrected chi connectivity index (χ4v) is 2.72. The lowest BCUT2D eigenvalue weighted by atomic mass is 10.3. The molecule has 1 amide bonds. The van der Waals surface area contributed by atoms with Crippen LogP contribution < -0.4 is 11.1 Å². The summed E-state index contributed by atoms with van der Waals surface area (Å²) >= 11 is 2.57. The molecule has 108 valence electrons. The maximum Gasteiger partial charge on any atom is 0.234 e. The minimum atomic E-state index is -0.173. The molecule has 2 rings (SSSR count). The van der Waals surface area contributed by atoms with Crippen LogP contribution in [0.25, 0.3) is 0 Å². The average molecular weight is 320 g/mol. The predicted molar refractivity (Wildman–Crippen MR) is 82.9 cm³/mol. The molecule has 0 spiro atoms. The summed E-state index contributed by atoms with van der Waals surface area (Å²) in [6, 6.07) is 9.41. The minimum Gasteiger partial charge on any atom is -0.368 e. The van der Waals surface area contributed by atoms with Crippen LogP contribution in [0.2, 0.25) is 0 Å². The molecule has 0 saturated carbocycles. The van der Waals surface area contributed by atoms with Gasteiger partial charge in [-0.3, -0.25) is 4.79 Å². The van der Waals surface area contributed by atoms with Crippen molar-refractivity contribution in [3.63, 3.8) is 0 Å². The summed E-state index contributed by atoms with van der Waals surface area (Å²) in [5.41, 5.74) is 6.10. The van der Waals surface area contributed by atoms with E-state index in [9.17, 15) is 4.79 Å². The maximum atomic E-state index is 11.9. The van der Waals surface area contributed by atoms with Gasteiger partial charge in [0.1, 0.15) is 0 Å². The number of benzene rings is 1. The van der Waals surface area contributed by atoms with Gasteiger partial charge in [-0.1, -0.05) is 23.9 Å². The first-order valence-corrected chi connectivity index (χ1v) is 7.85. The first kappa shape index (κ1) is 15.2. The Bertz CT molecular complexity index is 666. The minimum absolute atomic E-state index is 0.173. The molecule has 21 heavy (non-hydrogen) atoms. The molecule has 0 atom stereocenters. The third kappa shape index (κ3) is 4.70. The predicted octanol–water partition coefficient (Wildman–Crippen LogP) is 1.73. The summed E-state index contributed by atoms with van der Waals surface area (Å²) in [6.07, 6.45) is 0. The number of carbonyl (C=O) groups is 1. The van der Waals surface area contributed by atoms with Crippen LogP contribution in [0.5, 0.6) is 0 Å². The molecule has 2 aromatic rings. The van der Waals surface area contributed by atoms with Crippen LogP contribution >= 0.6 is 23.5 Å². The lowest BCUT2D eigenvalue weighted by molar-refractivity contribution is -0.113. The summed E-state index contributed by atoms with van der Waals surface area (Å²) in [7, 11) is 0. The van der Waals surface area contributed by atoms with E-state index < -0.39 is 0 Å². The van der Waals surface area contributed by atoms with Gasteiger partial charge >= 0.3 is 0 Å². The average Bonchev–Trinajstić information content (AvgIpc) is 2.90. The van der Waals surface area contributed by atoms with Gasteiger partial charge in [0.15, 0.2) is 0 Å². The molecule has 0 aliphatic carbocycles. The molecule has 0 aliphatic heterocycles. The highest BCUT2D eigenvalue weighted by molar-refractivity contribution is 8.00. The van der Waals surface area contributed by atoms with Crippen LogP contribution in [0, 0.1) is 11.3 Å². The van der Waals surface area contributed by atoms with Crippen molar-refractivity contribution in [2.75, 3.05) is 22.6 Å². The van der Waals surface area contributed by atoms with E-state index in [1.807, 2.05) is 18.2 Å². The molecule has 1 aromatic carbocycles. The molecule has 0 radical (unpaired) electrons. The summed E-state index contributed by atoms with van der Waals surface area (Å²) in [5, 5.41) is 18.2. The zero-order chi connectivity index (χ0) is 15.1. The van der Waals surface area contributed by atoms with E-state index >= 15 is 0 Å². The van der Waals surface area contributed by atoms with Crippen molar-refractivity contribution < 1.29 is 4.79 Å². The molecule has 1 heterocycles. The zero-order valence-corrected chi connectivity index (χ0v) is 12.5. The highest BCUT2D eigenvalue weighted by Gasteiger charge is 2.09. The van der Waals surface area contributed by atoms with E-state index in [0.717, 1.165) is 4.90 Å². The van der Waals surface area contributed by atoms with Crippen LogP contribution in [0.1, 0.15) is 0 Å². The van der Waals surface area contributed by atoms with Gasteiger partial charge in [0.25, 0.3) is 0 Å². The summed E-state index contributed by atoms with van der Waals surface area (Å²) < 4.78 is 0. The molecular weight excluding hydrogens is 308 g/mol. The number of nitrogens with two attached hydrogens (primary N) is 1. The molecule has 0 unspecified atom stereocenters. The molecule has 4 N–H and O–H groups in total. The Morgan fingerprint density at radius 1 is 1.43 bits per heavy atom. The highest BCUT2D eigenvalue weighted by atomic mass is 32.2. The fraction of sp³-hybridized carbons (Fsp3) is 0.167. The van der Waals surface area contributed by atoms with Crippen LogP contribution in [-0.4, -0.2) is 32.6 Å². The molecule has 0 bridgehead atoms. The molecule has 7 nitrogen and oxygen atoms in total. The Balaban J connectivity index is 1.91. The van der Waals surface area contributed by atoms with E-state index in [-0.39, 0.29) is 17.6 Å². The number of aromatic nitrogens is 3. The van der Waals surface area contributed by atoms with Gasteiger partial charge in [-0.15, -0.1) is 16.9 Å². The Labute approximate surface area is 129 Å². The van der Waals surface area contributed by atoms with Crippen LogP contribution in [0.15, 0.2) is 34.3 Å². The number of hydrogen-bond donors (Lipinski definition) is 3. The number of nitrogen functional groups attached to an aromatic ring is 1. The number of nitrogens with one attached hydrogen (secondary N) is 2. The zero-order valence-electron chi connectivity index (χ0n) is 10.9. The molecule has 0 aliphatic rings. The number of nitriles is 1. The van der Waals surface area contributed by atoms with Crippen molar-refractivity contribution >= 4 is 41.1 Å². The number of para-hydroxylation sites is 1. The summed E-state index contributed by atoms with van der Waals surface area (Å²) in [5.74, 6) is 0.552. The van der Waals surface area contributed by atoms with Crippen LogP contribution in [0.4, 0.5) is 11.6 Å². The van der Waals surface area contributed by atoms with Gasteiger partial charge in [0, 0.05) is 4.90 Å². The number of rotatable bonds is 6. The first-order valence-electron chi connectivity index (χ1n) is 5.88. The van der Waals surface area contributed by atoms with Gasteiger partial charge in [0.05, 0.1) is 23.3 Å². The number of amides is 1. The van der Waals surface area contributed by atoms with Crippen LogP contribution in [-0.2, 0) is 4.79 Å². The van der Waals surface area contributed by atoms with E-state index in [4.69, 9.17) is 11.0 Å². The van der Waals surface area contributed by atoms with E-state index in [1.54, 1.807) is 6.07 Å². The van der Waals surface area contributed by atoms with Crippen molar-refractivity contribution in [3.8, 4) is 6.07 Å². The summed E-state index contributed by atoms with van der Waals surface area (Å²) in [4.78, 5) is 16.7. The molecule has 0 fully saturated rings. The van der Waals surface area contributed by atoms with E-state index in [1.165, 1.54) is 23.5 Å². The lowest BCUT2D eigenvalue weighted by Crippen LogP contribution is -2.14. The third-order valence-corrected chi connectivity index (χ3v) is 4.06. The Hall–Kier alpha value is -2.18. The normalized spacial score (nSPS) is 10.0. The van der Waals surface area contributed by atoms with Crippen LogP contribution in [0.3, 0.4) is 0 Å². The lowest BCUT2D eigenvalue weighted by Gasteiger charge is -2.08. The van der Waals surface area contributed by atoms with Gasteiger partial charge in [-0.25, -0.2) is 5.10 Å². The SMILES string of the molecule is N#CCSc1ccccc1NC(=O)CSc1n[nH]c(N)n1. The Morgan fingerprint density at radius 2 is 2.24 bits per heavy atom. The van der Waals surface area contributed by atoms with Gasteiger partial charge < -0.3 is 11.1 Å². The van der Waals surface area contributed by atoms with Crippen molar-refractivity contribution in [2.24, 2.45) is 0 Å². The van der Waals surface area contributed by atoms with Gasteiger partial charge in [0.2, 0.25) is 17.0 Å². The Kier molecular flexibility index (Phi) is 5.48. The van der Waals surface area contributed by atoms with E-state index in [0.29, 0.717) is 16.6 Å². The standard InChI is InChI=1S/C12H12N6OS2/c13-5-6-20-9-4-2-1-3-8(9)15-10(19)7-21-12-16-11(14)17-18-12/h1-4H,6-7H2,(H,15,19)(H3,14,16,17,18). The number of anilines is 2. The third-order valence-electron chi connectivity index (χ3n) is 2.27. The smallest absolute Gasteiger partial charge is 0.234 e. The van der Waals surface area contributed by atoms with Crippen molar-refractivity contribution in [1.82, 2.24) is 15.2 Å². The van der Waals surface area contributed by atoms with Gasteiger partial charge in [-0.05, 0) is 12.1 Å². The number of aromatic amines is 1. The second kappa shape index (κ2) is 7.56. The largest absolute Gasteiger partial charge is 0.368 e. The van der Waals surface area contributed by atoms with Crippen molar-refractivity contribution in [1.29, 1.82) is 5.26 Å². The molecule has 1 aromatic heterocycles. The quantitative estimate of drug-likeness (QED) is 0.693. The maximum absolute atomic E-state index is 11.9.